The maximum Gasteiger partial charge on any atom is 0.203 e. The Bertz CT molecular complexity index is 1200. The number of rotatable bonds is 3. The molecule has 1 aliphatic rings. The van der Waals surface area contributed by atoms with Crippen molar-refractivity contribution in [3.63, 3.8) is 0 Å². The molecule has 8 heteroatoms. The van der Waals surface area contributed by atoms with Gasteiger partial charge in [-0.3, -0.25) is 4.31 Å². The molecule has 2 heterocycles. The van der Waals surface area contributed by atoms with Gasteiger partial charge >= 0.3 is 0 Å². The predicted molar refractivity (Wildman–Crippen MR) is 114 cm³/mol. The Balaban J connectivity index is 1.77. The molecule has 4 rings (SSSR count). The molecule has 29 heavy (non-hydrogen) atoms. The third-order valence-electron chi connectivity index (χ3n) is 5.10. The lowest BCUT2D eigenvalue weighted by Gasteiger charge is -2.37. The number of nitrogens with two attached hydrogens (primary N) is 1. The number of aromatic nitrogens is 1. The first-order valence-corrected chi connectivity index (χ1v) is 10.8. The summed E-state index contributed by atoms with van der Waals surface area (Å²) < 4.78 is 34.5. The van der Waals surface area contributed by atoms with Crippen LogP contribution >= 0.6 is 0 Å². The van der Waals surface area contributed by atoms with Gasteiger partial charge in [-0.15, -0.1) is 0 Å². The number of nitrogens with zero attached hydrogens (tertiary/aromatic N) is 3. The van der Waals surface area contributed by atoms with E-state index >= 15 is 0 Å². The first-order valence-electron chi connectivity index (χ1n) is 8.96. The molecule has 6 nitrogen and oxygen atoms in total. The van der Waals surface area contributed by atoms with Crippen LogP contribution in [0.1, 0.15) is 12.5 Å². The zero-order chi connectivity index (χ0) is 20.8. The third-order valence-corrected chi connectivity index (χ3v) is 7.30. The quantitative estimate of drug-likeness (QED) is 0.669. The number of hydrogen-bond acceptors (Lipinski definition) is 5. The first-order chi connectivity index (χ1) is 13.7. The van der Waals surface area contributed by atoms with Crippen molar-refractivity contribution >= 4 is 21.5 Å². The van der Waals surface area contributed by atoms with E-state index in [1.165, 1.54) is 10.4 Å². The van der Waals surface area contributed by atoms with E-state index in [2.05, 4.69) is 16.0 Å². The normalized spacial score (nSPS) is 24.4. The molecule has 0 saturated heterocycles. The standard InChI is InChI=1S/C21H21FN4O2S/c1-21(13-29(3,27)26(2)20(23)24-21)16-11-15(9-10-17(16)22)19-12-18(25-28-19)14-7-5-4-6-8-14/h4-12H,3,13H2,1-2H3,(H2,23,24)/t21-,29?/m0/s1. The van der Waals surface area contributed by atoms with E-state index < -0.39 is 21.1 Å². The molecule has 0 fully saturated rings. The minimum absolute atomic E-state index is 0.0449. The van der Waals surface area contributed by atoms with E-state index in [1.807, 2.05) is 30.3 Å². The van der Waals surface area contributed by atoms with E-state index in [1.54, 1.807) is 32.2 Å². The van der Waals surface area contributed by atoms with Crippen LogP contribution in [0.4, 0.5) is 4.39 Å². The van der Waals surface area contributed by atoms with Crippen LogP contribution in [0.2, 0.25) is 0 Å². The second-order valence-electron chi connectivity index (χ2n) is 7.30. The van der Waals surface area contributed by atoms with Gasteiger partial charge in [-0.2, -0.15) is 0 Å². The smallest absolute Gasteiger partial charge is 0.203 e. The van der Waals surface area contributed by atoms with Gasteiger partial charge in [-0.05, 0) is 31.0 Å². The average Bonchev–Trinajstić information content (AvgIpc) is 3.17. The van der Waals surface area contributed by atoms with E-state index in [-0.39, 0.29) is 17.3 Å². The molecule has 1 aliphatic heterocycles. The molecule has 1 unspecified atom stereocenters. The summed E-state index contributed by atoms with van der Waals surface area (Å²) in [5, 5.41) is 4.11. The fourth-order valence-electron chi connectivity index (χ4n) is 3.45. The number of aliphatic imine (C=N–C) groups is 1. The summed E-state index contributed by atoms with van der Waals surface area (Å²) in [7, 11) is -1.15. The first kappa shape index (κ1) is 19.2. The summed E-state index contributed by atoms with van der Waals surface area (Å²) in [4.78, 5) is 4.42. The van der Waals surface area contributed by atoms with Gasteiger partial charge in [0.1, 0.15) is 17.1 Å². The predicted octanol–water partition coefficient (Wildman–Crippen LogP) is 3.25. The van der Waals surface area contributed by atoms with Gasteiger partial charge in [0.2, 0.25) is 5.96 Å². The van der Waals surface area contributed by atoms with Crippen LogP contribution in [-0.2, 0) is 15.2 Å². The van der Waals surface area contributed by atoms with Crippen LogP contribution in [0, 0.1) is 5.82 Å². The van der Waals surface area contributed by atoms with Crippen molar-refractivity contribution < 1.29 is 13.1 Å². The van der Waals surface area contributed by atoms with Crippen molar-refractivity contribution in [2.75, 3.05) is 12.8 Å². The van der Waals surface area contributed by atoms with Crippen LogP contribution in [0.15, 0.2) is 64.1 Å². The van der Waals surface area contributed by atoms with Gasteiger partial charge in [0.05, 0.1) is 15.5 Å². The SMILES string of the molecule is C=S1(=O)C[C@@](C)(c2cc(-c3cc(-c4ccccc4)no3)ccc2F)N=C(N)N1C. The van der Waals surface area contributed by atoms with E-state index in [9.17, 15) is 8.60 Å². The molecule has 0 bridgehead atoms. The number of guanidine groups is 1. The molecule has 0 saturated carbocycles. The van der Waals surface area contributed by atoms with Gasteiger partial charge in [0.25, 0.3) is 0 Å². The molecule has 2 N–H and O–H groups in total. The Hall–Kier alpha value is -3.13. The van der Waals surface area contributed by atoms with Crippen molar-refractivity contribution in [3.05, 3.63) is 66.0 Å². The van der Waals surface area contributed by atoms with Crippen molar-refractivity contribution in [2.45, 2.75) is 12.5 Å². The summed E-state index contributed by atoms with van der Waals surface area (Å²) in [5.41, 5.74) is 7.34. The summed E-state index contributed by atoms with van der Waals surface area (Å²) in [6.45, 7) is 1.70. The van der Waals surface area contributed by atoms with Gasteiger partial charge in [0, 0.05) is 29.8 Å². The number of benzene rings is 2. The van der Waals surface area contributed by atoms with E-state index in [0.29, 0.717) is 17.0 Å². The lowest BCUT2D eigenvalue weighted by Crippen LogP contribution is -2.50. The van der Waals surface area contributed by atoms with Gasteiger partial charge in [-0.25, -0.2) is 13.6 Å². The maximum atomic E-state index is 14.8. The van der Waals surface area contributed by atoms with Crippen LogP contribution in [0.3, 0.4) is 0 Å². The molecule has 2 aromatic carbocycles. The van der Waals surface area contributed by atoms with Gasteiger partial charge < -0.3 is 10.3 Å². The molecular formula is C21H21FN4O2S. The molecule has 0 aliphatic carbocycles. The number of hydrogen-bond donors (Lipinski definition) is 1. The topological polar surface area (TPSA) is 84.7 Å². The fraction of sp³-hybridized carbons (Fsp3) is 0.190. The molecule has 0 amide bonds. The minimum Gasteiger partial charge on any atom is -0.369 e. The highest BCUT2D eigenvalue weighted by Crippen LogP contribution is 2.36. The Morgan fingerprint density at radius 2 is 1.93 bits per heavy atom. The second-order valence-corrected chi connectivity index (χ2v) is 9.68. The zero-order valence-electron chi connectivity index (χ0n) is 16.1. The van der Waals surface area contributed by atoms with Crippen molar-refractivity contribution in [1.29, 1.82) is 0 Å². The molecule has 0 spiro atoms. The highest BCUT2D eigenvalue weighted by Gasteiger charge is 2.39. The molecular weight excluding hydrogens is 391 g/mol. The number of halogens is 1. The van der Waals surface area contributed by atoms with E-state index in [0.717, 1.165) is 5.56 Å². The van der Waals surface area contributed by atoms with Crippen LogP contribution in [0.5, 0.6) is 0 Å². The third kappa shape index (κ3) is 3.40. The van der Waals surface area contributed by atoms with Crippen LogP contribution < -0.4 is 5.73 Å². The van der Waals surface area contributed by atoms with Gasteiger partial charge in [-0.1, -0.05) is 35.5 Å². The van der Waals surface area contributed by atoms with Crippen LogP contribution in [0.25, 0.3) is 22.6 Å². The summed E-state index contributed by atoms with van der Waals surface area (Å²) in [6.07, 6.45) is 0. The zero-order valence-corrected chi connectivity index (χ0v) is 16.9. The fourth-order valence-corrected chi connectivity index (χ4v) is 5.12. The monoisotopic (exact) mass is 412 g/mol. The summed E-state index contributed by atoms with van der Waals surface area (Å²) in [5.74, 6) is 3.91. The largest absolute Gasteiger partial charge is 0.369 e. The Labute approximate surface area is 169 Å². The Kier molecular flexibility index (Phi) is 4.46. The Morgan fingerprint density at radius 3 is 2.62 bits per heavy atom. The molecule has 3 aromatic rings. The Morgan fingerprint density at radius 1 is 1.21 bits per heavy atom. The summed E-state index contributed by atoms with van der Waals surface area (Å²) >= 11 is 0. The lowest BCUT2D eigenvalue weighted by molar-refractivity contribution is 0.434. The average molecular weight is 412 g/mol. The van der Waals surface area contributed by atoms with Crippen molar-refractivity contribution in [2.24, 2.45) is 10.7 Å². The summed E-state index contributed by atoms with van der Waals surface area (Å²) in [6, 6.07) is 16.0. The molecule has 2 atom stereocenters. The minimum atomic E-state index is -2.72. The highest BCUT2D eigenvalue weighted by atomic mass is 32.2. The second kappa shape index (κ2) is 6.73. The highest BCUT2D eigenvalue weighted by molar-refractivity contribution is 7.98. The maximum absolute atomic E-state index is 14.8. The van der Waals surface area contributed by atoms with Crippen LogP contribution in [-0.4, -0.2) is 38.3 Å². The molecule has 0 radical (unpaired) electrons. The molecule has 150 valence electrons. The van der Waals surface area contributed by atoms with E-state index in [4.69, 9.17) is 10.3 Å². The molecule has 1 aromatic heterocycles. The van der Waals surface area contributed by atoms with Crippen molar-refractivity contribution in [3.8, 4) is 22.6 Å². The lowest BCUT2D eigenvalue weighted by atomic mass is 9.92. The van der Waals surface area contributed by atoms with Gasteiger partial charge in [0.15, 0.2) is 5.76 Å². The van der Waals surface area contributed by atoms with Crippen molar-refractivity contribution in [1.82, 2.24) is 9.46 Å².